The number of amides is 2. The molecular formula is C21H24FN3O2. The normalized spacial score (nSPS) is 14.1. The molecule has 1 N–H and O–H groups in total. The van der Waals surface area contributed by atoms with E-state index in [1.807, 2.05) is 11.8 Å². The molecule has 6 heteroatoms. The van der Waals surface area contributed by atoms with Crippen LogP contribution < -0.4 is 10.2 Å². The Morgan fingerprint density at radius 1 is 0.963 bits per heavy atom. The fraction of sp³-hybridized carbons (Fsp3) is 0.333. The van der Waals surface area contributed by atoms with Gasteiger partial charge in [-0.2, -0.15) is 0 Å². The third kappa shape index (κ3) is 4.84. The Labute approximate surface area is 158 Å². The molecule has 1 fully saturated rings. The van der Waals surface area contributed by atoms with Crippen molar-refractivity contribution in [1.29, 1.82) is 0 Å². The third-order valence-electron chi connectivity index (χ3n) is 4.65. The van der Waals surface area contributed by atoms with Gasteiger partial charge in [0, 0.05) is 49.5 Å². The Morgan fingerprint density at radius 3 is 2.19 bits per heavy atom. The molecule has 0 saturated carbocycles. The number of benzene rings is 2. The first-order valence-electron chi connectivity index (χ1n) is 9.26. The number of hydrogen-bond donors (Lipinski definition) is 1. The molecule has 0 atom stereocenters. The highest BCUT2D eigenvalue weighted by Gasteiger charge is 2.22. The summed E-state index contributed by atoms with van der Waals surface area (Å²) in [5.74, 6) is -0.282. The number of nitrogens with one attached hydrogen (secondary N) is 1. The maximum absolute atomic E-state index is 13.1. The molecule has 1 heterocycles. The maximum atomic E-state index is 13.1. The second-order valence-electron chi connectivity index (χ2n) is 6.63. The second kappa shape index (κ2) is 8.66. The van der Waals surface area contributed by atoms with Crippen LogP contribution in [0.25, 0.3) is 0 Å². The van der Waals surface area contributed by atoms with Crippen molar-refractivity contribution < 1.29 is 14.0 Å². The molecule has 3 rings (SSSR count). The topological polar surface area (TPSA) is 52.7 Å². The van der Waals surface area contributed by atoms with Gasteiger partial charge in [0.1, 0.15) is 5.82 Å². The van der Waals surface area contributed by atoms with Crippen LogP contribution in [0.5, 0.6) is 0 Å². The fourth-order valence-electron chi connectivity index (χ4n) is 3.15. The van der Waals surface area contributed by atoms with E-state index >= 15 is 0 Å². The van der Waals surface area contributed by atoms with Gasteiger partial charge in [-0.25, -0.2) is 4.39 Å². The lowest BCUT2D eigenvalue weighted by Crippen LogP contribution is -2.48. The van der Waals surface area contributed by atoms with Crippen LogP contribution in [-0.2, 0) is 4.79 Å². The van der Waals surface area contributed by atoms with Crippen LogP contribution in [0.2, 0.25) is 0 Å². The lowest BCUT2D eigenvalue weighted by molar-refractivity contribution is -0.116. The van der Waals surface area contributed by atoms with E-state index in [-0.39, 0.29) is 17.6 Å². The van der Waals surface area contributed by atoms with E-state index < -0.39 is 0 Å². The number of anilines is 2. The summed E-state index contributed by atoms with van der Waals surface area (Å²) in [5, 5.41) is 2.82. The summed E-state index contributed by atoms with van der Waals surface area (Å²) >= 11 is 0. The van der Waals surface area contributed by atoms with Crippen molar-refractivity contribution in [2.45, 2.75) is 19.8 Å². The van der Waals surface area contributed by atoms with Crippen molar-refractivity contribution in [2.24, 2.45) is 0 Å². The minimum atomic E-state index is -0.248. The van der Waals surface area contributed by atoms with Crippen LogP contribution in [0.1, 0.15) is 30.1 Å². The summed E-state index contributed by atoms with van der Waals surface area (Å²) in [6, 6.07) is 13.4. The molecule has 2 aromatic rings. The molecule has 0 radical (unpaired) electrons. The molecule has 1 saturated heterocycles. The molecule has 0 bridgehead atoms. The lowest BCUT2D eigenvalue weighted by atomic mass is 10.1. The zero-order valence-electron chi connectivity index (χ0n) is 15.5. The van der Waals surface area contributed by atoms with E-state index in [9.17, 15) is 14.0 Å². The van der Waals surface area contributed by atoms with E-state index in [2.05, 4.69) is 10.2 Å². The van der Waals surface area contributed by atoms with E-state index in [1.165, 1.54) is 12.1 Å². The Morgan fingerprint density at radius 2 is 1.59 bits per heavy atom. The van der Waals surface area contributed by atoms with E-state index in [0.717, 1.165) is 12.1 Å². The number of rotatable bonds is 5. The molecule has 27 heavy (non-hydrogen) atoms. The quantitative estimate of drug-likeness (QED) is 0.877. The minimum Gasteiger partial charge on any atom is -0.368 e. The van der Waals surface area contributed by atoms with Gasteiger partial charge >= 0.3 is 0 Å². The highest BCUT2D eigenvalue weighted by molar-refractivity contribution is 5.96. The predicted molar refractivity (Wildman–Crippen MR) is 104 cm³/mol. The zero-order chi connectivity index (χ0) is 19.2. The van der Waals surface area contributed by atoms with Gasteiger partial charge in [-0.3, -0.25) is 9.59 Å². The van der Waals surface area contributed by atoms with Gasteiger partial charge < -0.3 is 15.1 Å². The third-order valence-corrected chi connectivity index (χ3v) is 4.65. The first-order chi connectivity index (χ1) is 13.1. The number of nitrogens with zero attached hydrogens (tertiary/aromatic N) is 2. The van der Waals surface area contributed by atoms with Crippen molar-refractivity contribution >= 4 is 23.2 Å². The minimum absolute atomic E-state index is 0.0137. The molecule has 1 aliphatic rings. The van der Waals surface area contributed by atoms with Crippen LogP contribution >= 0.6 is 0 Å². The van der Waals surface area contributed by atoms with Gasteiger partial charge in [0.15, 0.2) is 0 Å². The molecule has 0 aliphatic carbocycles. The van der Waals surface area contributed by atoms with Crippen LogP contribution in [0.4, 0.5) is 15.8 Å². The van der Waals surface area contributed by atoms with Gasteiger partial charge in [0.05, 0.1) is 0 Å². The average Bonchev–Trinajstić information content (AvgIpc) is 2.69. The first kappa shape index (κ1) is 18.9. The van der Waals surface area contributed by atoms with Crippen molar-refractivity contribution in [3.05, 3.63) is 59.9 Å². The Hall–Kier alpha value is -2.89. The van der Waals surface area contributed by atoms with Gasteiger partial charge in [0.25, 0.3) is 5.91 Å². The number of carbonyl (C=O) groups is 2. The van der Waals surface area contributed by atoms with Gasteiger partial charge in [-0.05, 0) is 55.0 Å². The second-order valence-corrected chi connectivity index (χ2v) is 6.63. The van der Waals surface area contributed by atoms with Gasteiger partial charge in [-0.1, -0.05) is 6.92 Å². The van der Waals surface area contributed by atoms with Crippen molar-refractivity contribution in [3.8, 4) is 0 Å². The molecule has 0 spiro atoms. The summed E-state index contributed by atoms with van der Waals surface area (Å²) in [5.41, 5.74) is 2.28. The van der Waals surface area contributed by atoms with Gasteiger partial charge in [0.2, 0.25) is 5.91 Å². The number of carbonyl (C=O) groups excluding carboxylic acids is 2. The number of halogens is 1. The summed E-state index contributed by atoms with van der Waals surface area (Å²) in [6.45, 7) is 4.61. The molecule has 2 amide bonds. The summed E-state index contributed by atoms with van der Waals surface area (Å²) in [4.78, 5) is 28.3. The molecule has 1 aliphatic heterocycles. The van der Waals surface area contributed by atoms with Crippen LogP contribution in [-0.4, -0.2) is 42.9 Å². The SMILES string of the molecule is CCCC(=O)Nc1ccc(C(=O)N2CCN(c3ccc(F)cc3)CC2)cc1. The maximum Gasteiger partial charge on any atom is 0.253 e. The van der Waals surface area contributed by atoms with Crippen LogP contribution in [0, 0.1) is 5.82 Å². The molecule has 0 unspecified atom stereocenters. The smallest absolute Gasteiger partial charge is 0.253 e. The van der Waals surface area contributed by atoms with Crippen molar-refractivity contribution in [3.63, 3.8) is 0 Å². The van der Waals surface area contributed by atoms with Crippen molar-refractivity contribution in [1.82, 2.24) is 4.90 Å². The number of piperazine rings is 1. The molecule has 142 valence electrons. The van der Waals surface area contributed by atoms with Crippen molar-refractivity contribution in [2.75, 3.05) is 36.4 Å². The highest BCUT2D eigenvalue weighted by Crippen LogP contribution is 2.18. The lowest BCUT2D eigenvalue weighted by Gasteiger charge is -2.36. The molecule has 5 nitrogen and oxygen atoms in total. The van der Waals surface area contributed by atoms with Gasteiger partial charge in [-0.15, -0.1) is 0 Å². The van der Waals surface area contributed by atoms with E-state index in [4.69, 9.17) is 0 Å². The summed E-state index contributed by atoms with van der Waals surface area (Å²) < 4.78 is 13.1. The first-order valence-corrected chi connectivity index (χ1v) is 9.26. The summed E-state index contributed by atoms with van der Waals surface area (Å²) in [7, 11) is 0. The summed E-state index contributed by atoms with van der Waals surface area (Å²) in [6.07, 6.45) is 1.28. The molecular weight excluding hydrogens is 345 g/mol. The monoisotopic (exact) mass is 369 g/mol. The predicted octanol–water partition coefficient (Wildman–Crippen LogP) is 3.53. The molecule has 2 aromatic carbocycles. The van der Waals surface area contributed by atoms with Crippen LogP contribution in [0.3, 0.4) is 0 Å². The highest BCUT2D eigenvalue weighted by atomic mass is 19.1. The Balaban J connectivity index is 1.55. The number of hydrogen-bond acceptors (Lipinski definition) is 3. The average molecular weight is 369 g/mol. The van der Waals surface area contributed by atoms with E-state index in [1.54, 1.807) is 36.4 Å². The Bertz CT molecular complexity index is 782. The van der Waals surface area contributed by atoms with E-state index in [0.29, 0.717) is 43.9 Å². The fourth-order valence-corrected chi connectivity index (χ4v) is 3.15. The largest absolute Gasteiger partial charge is 0.368 e. The van der Waals surface area contributed by atoms with Crippen LogP contribution in [0.15, 0.2) is 48.5 Å². The molecule has 0 aromatic heterocycles. The Kier molecular flexibility index (Phi) is 6.06. The zero-order valence-corrected chi connectivity index (χ0v) is 15.5. The standard InChI is InChI=1S/C21H24FN3O2/c1-2-3-20(26)23-18-8-4-16(5-9-18)21(27)25-14-12-24(13-15-25)19-10-6-17(22)7-11-19/h4-11H,2-3,12-15H2,1H3,(H,23,26).